The summed E-state index contributed by atoms with van der Waals surface area (Å²) in [5, 5.41) is 9.95. The van der Waals surface area contributed by atoms with Crippen molar-refractivity contribution in [2.75, 3.05) is 44.7 Å². The number of hydrogen-bond acceptors (Lipinski definition) is 8. The first-order valence-electron chi connectivity index (χ1n) is 14.8. The molecule has 9 nitrogen and oxygen atoms in total. The largest absolute Gasteiger partial charge is 0.462 e. The number of pyridine rings is 1. The van der Waals surface area contributed by atoms with Gasteiger partial charge in [-0.25, -0.2) is 9.37 Å². The number of carbonyl (C=O) groups excluding carboxylic acids is 1. The Hall–Kier alpha value is -4.10. The number of likely N-dealkylation sites (N-methyl/N-ethyl adjacent to an activating group) is 1. The van der Waals surface area contributed by atoms with Crippen LogP contribution in [0.1, 0.15) is 43.2 Å². The maximum atomic E-state index is 15.9. The number of aryl methyl sites for hydroxylation is 1. The molecule has 1 amide bonds. The maximum absolute atomic E-state index is 15.9. The Kier molecular flexibility index (Phi) is 8.02. The minimum absolute atomic E-state index is 0.159. The Labute approximate surface area is 245 Å². The molecule has 0 saturated carbocycles. The summed E-state index contributed by atoms with van der Waals surface area (Å²) in [6.45, 7) is 6.28. The molecule has 0 radical (unpaired) electrons. The van der Waals surface area contributed by atoms with Crippen molar-refractivity contribution in [2.45, 2.75) is 57.0 Å². The Morgan fingerprint density at radius 1 is 1.17 bits per heavy atom. The van der Waals surface area contributed by atoms with Gasteiger partial charge in [-0.2, -0.15) is 15.2 Å². The van der Waals surface area contributed by atoms with E-state index in [9.17, 15) is 10.1 Å². The summed E-state index contributed by atoms with van der Waals surface area (Å²) in [6, 6.07) is 9.82. The third-order valence-corrected chi connectivity index (χ3v) is 8.89. The fourth-order valence-electron chi connectivity index (χ4n) is 6.59. The molecule has 2 aromatic heterocycles. The Morgan fingerprint density at radius 3 is 2.81 bits per heavy atom. The highest BCUT2D eigenvalue weighted by Crippen LogP contribution is 2.35. The first-order chi connectivity index (χ1) is 20.5. The van der Waals surface area contributed by atoms with Crippen molar-refractivity contribution in [1.82, 2.24) is 24.8 Å². The molecule has 10 heteroatoms. The van der Waals surface area contributed by atoms with Crippen molar-refractivity contribution in [2.24, 2.45) is 0 Å². The second-order valence-electron chi connectivity index (χ2n) is 11.5. The van der Waals surface area contributed by atoms with Gasteiger partial charge >= 0.3 is 6.01 Å². The van der Waals surface area contributed by atoms with Crippen LogP contribution in [0.15, 0.2) is 36.9 Å². The lowest BCUT2D eigenvalue weighted by molar-refractivity contribution is -0.128. The zero-order valence-electron chi connectivity index (χ0n) is 24.1. The summed E-state index contributed by atoms with van der Waals surface area (Å²) in [5.74, 6) is -0.145. The summed E-state index contributed by atoms with van der Waals surface area (Å²) < 4.78 is 22.1. The summed E-state index contributed by atoms with van der Waals surface area (Å²) in [4.78, 5) is 32.7. The molecular weight excluding hydrogens is 533 g/mol. The van der Waals surface area contributed by atoms with Gasteiger partial charge in [0.1, 0.15) is 23.9 Å². The molecule has 2 aliphatic heterocycles. The Morgan fingerprint density at radius 2 is 2.02 bits per heavy atom. The van der Waals surface area contributed by atoms with Crippen molar-refractivity contribution in [3.05, 3.63) is 53.9 Å². The average Bonchev–Trinajstić information content (AvgIpc) is 3.43. The van der Waals surface area contributed by atoms with E-state index in [4.69, 9.17) is 14.7 Å². The molecular formula is C32H36FN7O2. The van der Waals surface area contributed by atoms with Crippen LogP contribution in [0.2, 0.25) is 0 Å². The van der Waals surface area contributed by atoms with Gasteiger partial charge in [-0.15, -0.1) is 0 Å². The summed E-state index contributed by atoms with van der Waals surface area (Å²) in [5.41, 5.74) is 3.88. The molecule has 42 heavy (non-hydrogen) atoms. The molecule has 0 bridgehead atoms. The highest BCUT2D eigenvalue weighted by Gasteiger charge is 2.32. The van der Waals surface area contributed by atoms with E-state index in [0.717, 1.165) is 56.2 Å². The van der Waals surface area contributed by atoms with Gasteiger partial charge < -0.3 is 19.4 Å². The predicted octanol–water partition coefficient (Wildman–Crippen LogP) is 4.30. The predicted molar refractivity (Wildman–Crippen MR) is 159 cm³/mol. The van der Waals surface area contributed by atoms with E-state index in [2.05, 4.69) is 35.6 Å². The molecule has 0 unspecified atom stereocenters. The molecule has 2 fully saturated rings. The van der Waals surface area contributed by atoms with Gasteiger partial charge in [0.25, 0.3) is 0 Å². The first-order valence-corrected chi connectivity index (χ1v) is 14.8. The van der Waals surface area contributed by atoms with Crippen molar-refractivity contribution < 1.29 is 13.9 Å². The van der Waals surface area contributed by atoms with Gasteiger partial charge in [-0.3, -0.25) is 4.79 Å². The lowest BCUT2D eigenvalue weighted by atomic mass is 9.87. The highest BCUT2D eigenvalue weighted by atomic mass is 19.1. The van der Waals surface area contributed by atoms with E-state index in [1.807, 2.05) is 17.0 Å². The van der Waals surface area contributed by atoms with Crippen LogP contribution in [0, 0.1) is 17.1 Å². The van der Waals surface area contributed by atoms with Crippen LogP contribution in [0.4, 0.5) is 10.2 Å². The number of halogens is 1. The monoisotopic (exact) mass is 569 g/mol. The van der Waals surface area contributed by atoms with Crippen LogP contribution in [0.5, 0.6) is 6.01 Å². The molecule has 0 spiro atoms. The number of carbonyl (C=O) groups is 1. The van der Waals surface area contributed by atoms with Gasteiger partial charge in [-0.1, -0.05) is 24.8 Å². The number of piperazine rings is 1. The fourth-order valence-corrected chi connectivity index (χ4v) is 6.59. The summed E-state index contributed by atoms with van der Waals surface area (Å²) in [7, 11) is 2.09. The van der Waals surface area contributed by atoms with E-state index in [0.29, 0.717) is 43.1 Å². The second kappa shape index (κ2) is 12.0. The molecule has 4 heterocycles. The van der Waals surface area contributed by atoms with Crippen LogP contribution in [0.3, 0.4) is 0 Å². The molecule has 3 aliphatic rings. The molecule has 218 valence electrons. The SMILES string of the molecule is C=CC(=O)N1CCN(c2nc(OC[C@@H]3CCCN3C)nc3nc(-c4cccc5c4CCCC5)c(F)cc23)C[C@@H]1CC#N. The number of amides is 1. The number of hydrogen-bond donors (Lipinski definition) is 0. The first kappa shape index (κ1) is 28.0. The van der Waals surface area contributed by atoms with Crippen LogP contribution in [0.25, 0.3) is 22.3 Å². The van der Waals surface area contributed by atoms with Crippen LogP contribution < -0.4 is 9.64 Å². The zero-order chi connectivity index (χ0) is 29.2. The number of aromatic nitrogens is 3. The van der Waals surface area contributed by atoms with E-state index < -0.39 is 5.82 Å². The number of likely N-dealkylation sites (tertiary alicyclic amines) is 1. The zero-order valence-corrected chi connectivity index (χ0v) is 24.1. The average molecular weight is 570 g/mol. The topological polar surface area (TPSA) is 98.5 Å². The number of ether oxygens (including phenoxy) is 1. The van der Waals surface area contributed by atoms with E-state index in [1.54, 1.807) is 4.90 Å². The number of nitrogens with zero attached hydrogens (tertiary/aromatic N) is 7. The van der Waals surface area contributed by atoms with Crippen LogP contribution in [-0.4, -0.2) is 82.6 Å². The number of fused-ring (bicyclic) bond motifs is 2. The minimum atomic E-state index is -0.429. The molecule has 2 atom stereocenters. The number of anilines is 1. The highest BCUT2D eigenvalue weighted by molar-refractivity contribution is 5.90. The number of rotatable bonds is 7. The van der Waals surface area contributed by atoms with Crippen molar-refractivity contribution >= 4 is 22.8 Å². The quantitative estimate of drug-likeness (QED) is 0.389. The molecule has 1 aromatic carbocycles. The Balaban J connectivity index is 1.42. The summed E-state index contributed by atoms with van der Waals surface area (Å²) in [6.07, 6.45) is 7.69. The van der Waals surface area contributed by atoms with E-state index in [-0.39, 0.29) is 36.1 Å². The smallest absolute Gasteiger partial charge is 0.320 e. The van der Waals surface area contributed by atoms with Crippen LogP contribution >= 0.6 is 0 Å². The number of benzene rings is 1. The van der Waals surface area contributed by atoms with Crippen molar-refractivity contribution in [3.63, 3.8) is 0 Å². The van der Waals surface area contributed by atoms with Gasteiger partial charge in [0.2, 0.25) is 5.91 Å². The molecule has 6 rings (SSSR count). The fraction of sp³-hybridized carbons (Fsp3) is 0.469. The standard InChI is InChI=1S/C32H36FN7O2/c1-3-28(41)40-17-16-39(19-22(40)13-14-34)31-26-18-27(33)29(25-12-6-9-21-8-4-5-11-24(21)25)35-30(26)36-32(37-31)42-20-23-10-7-15-38(23)2/h3,6,9,12,18,22-23H,1,4-5,7-8,10-11,13,15-17,19-20H2,2H3/t22-,23-/m0/s1. The van der Waals surface area contributed by atoms with Gasteiger partial charge in [0.05, 0.1) is 23.9 Å². The molecule has 0 N–H and O–H groups in total. The third kappa shape index (κ3) is 5.41. The van der Waals surface area contributed by atoms with E-state index >= 15 is 4.39 Å². The minimum Gasteiger partial charge on any atom is -0.462 e. The van der Waals surface area contributed by atoms with Gasteiger partial charge in [-0.05, 0) is 75.4 Å². The van der Waals surface area contributed by atoms with E-state index in [1.165, 1.54) is 17.7 Å². The lowest BCUT2D eigenvalue weighted by Gasteiger charge is -2.41. The molecule has 1 aliphatic carbocycles. The van der Waals surface area contributed by atoms with Gasteiger partial charge in [0.15, 0.2) is 5.65 Å². The third-order valence-electron chi connectivity index (χ3n) is 8.89. The van der Waals surface area contributed by atoms with Crippen molar-refractivity contribution in [3.8, 4) is 23.3 Å². The lowest BCUT2D eigenvalue weighted by Crippen LogP contribution is -2.55. The molecule has 2 saturated heterocycles. The number of nitriles is 1. The normalized spacial score (nSPS) is 20.8. The van der Waals surface area contributed by atoms with Gasteiger partial charge in [0, 0.05) is 31.2 Å². The second-order valence-corrected chi connectivity index (χ2v) is 11.5. The maximum Gasteiger partial charge on any atom is 0.320 e. The molecule has 3 aromatic rings. The summed E-state index contributed by atoms with van der Waals surface area (Å²) >= 11 is 0. The van der Waals surface area contributed by atoms with Crippen LogP contribution in [-0.2, 0) is 17.6 Å². The Bertz CT molecular complexity index is 1550. The van der Waals surface area contributed by atoms with Crippen molar-refractivity contribution in [1.29, 1.82) is 5.26 Å².